The van der Waals surface area contributed by atoms with Gasteiger partial charge < -0.3 is 10.6 Å². The van der Waals surface area contributed by atoms with Gasteiger partial charge in [0.1, 0.15) is 11.5 Å². The summed E-state index contributed by atoms with van der Waals surface area (Å²) in [4.78, 5) is 16.3. The summed E-state index contributed by atoms with van der Waals surface area (Å²) in [5.41, 5.74) is 2.59. The molecule has 0 unspecified atom stereocenters. The quantitative estimate of drug-likeness (QED) is 0.733. The summed E-state index contributed by atoms with van der Waals surface area (Å²) in [5, 5.41) is 14.6. The van der Waals surface area contributed by atoms with Crippen LogP contribution >= 0.6 is 0 Å². The van der Waals surface area contributed by atoms with Crippen molar-refractivity contribution in [2.24, 2.45) is 0 Å². The Morgan fingerprint density at radius 3 is 2.42 bits per heavy atom. The zero-order valence-electron chi connectivity index (χ0n) is 13.7. The third-order valence-corrected chi connectivity index (χ3v) is 3.71. The first kappa shape index (κ1) is 17.1. The highest BCUT2D eigenvalue weighted by molar-refractivity contribution is 6.02. The maximum absolute atomic E-state index is 13.6. The highest BCUT2D eigenvalue weighted by atomic mass is 19.1. The highest BCUT2D eigenvalue weighted by Crippen LogP contribution is 2.13. The second kappa shape index (κ2) is 7.90. The highest BCUT2D eigenvalue weighted by Gasteiger charge is 2.08. The van der Waals surface area contributed by atoms with E-state index >= 15 is 0 Å². The molecule has 0 saturated heterocycles. The summed E-state index contributed by atoms with van der Waals surface area (Å²) >= 11 is 0. The molecular weight excluding hydrogens is 331 g/mol. The van der Waals surface area contributed by atoms with Crippen LogP contribution in [0, 0.1) is 17.1 Å². The molecule has 0 fully saturated rings. The van der Waals surface area contributed by atoms with E-state index in [0.29, 0.717) is 29.0 Å². The number of pyridine rings is 1. The lowest BCUT2D eigenvalue weighted by Gasteiger charge is -2.08. The van der Waals surface area contributed by atoms with E-state index in [4.69, 9.17) is 5.26 Å². The summed E-state index contributed by atoms with van der Waals surface area (Å²) in [5.74, 6) is -0.623. The molecule has 0 bridgehead atoms. The van der Waals surface area contributed by atoms with Gasteiger partial charge in [-0.1, -0.05) is 18.2 Å². The lowest BCUT2D eigenvalue weighted by molar-refractivity contribution is 0.102. The van der Waals surface area contributed by atoms with E-state index in [1.54, 1.807) is 54.6 Å². The minimum absolute atomic E-state index is 0.255. The largest absolute Gasteiger partial charge is 0.380 e. The van der Waals surface area contributed by atoms with Gasteiger partial charge in [0.2, 0.25) is 0 Å². The van der Waals surface area contributed by atoms with Crippen molar-refractivity contribution in [2.45, 2.75) is 6.54 Å². The molecule has 1 heterocycles. The van der Waals surface area contributed by atoms with Crippen molar-refractivity contribution >= 4 is 17.3 Å². The Kier molecular flexibility index (Phi) is 5.20. The van der Waals surface area contributed by atoms with Gasteiger partial charge in [0.25, 0.3) is 5.91 Å². The van der Waals surface area contributed by atoms with E-state index in [-0.39, 0.29) is 17.4 Å². The lowest BCUT2D eigenvalue weighted by atomic mass is 10.2. The normalized spacial score (nSPS) is 10.0. The van der Waals surface area contributed by atoms with Gasteiger partial charge in [-0.25, -0.2) is 9.37 Å². The number of hydrogen-bond acceptors (Lipinski definition) is 4. The molecule has 0 aliphatic heterocycles. The number of carbonyl (C=O) groups excluding carboxylic acids is 1. The molecule has 0 aliphatic rings. The summed E-state index contributed by atoms with van der Waals surface area (Å²) in [6, 6.07) is 18.4. The van der Waals surface area contributed by atoms with Crippen LogP contribution in [0.3, 0.4) is 0 Å². The molecule has 5 nitrogen and oxygen atoms in total. The van der Waals surface area contributed by atoms with Gasteiger partial charge in [-0.15, -0.1) is 0 Å². The number of aromatic nitrogens is 1. The molecule has 2 aromatic carbocycles. The van der Waals surface area contributed by atoms with Crippen LogP contribution in [0.2, 0.25) is 0 Å². The minimum Gasteiger partial charge on any atom is -0.380 e. The van der Waals surface area contributed by atoms with E-state index in [1.165, 1.54) is 12.3 Å². The van der Waals surface area contributed by atoms with Gasteiger partial charge in [-0.2, -0.15) is 5.26 Å². The standard InChI is InChI=1S/C20H15FN4O/c21-18-4-2-1-3-15(18)12-23-17-9-10-19(24-13-17)20(26)25-16-7-5-14(11-22)6-8-16/h1-10,13,23H,12H2,(H,25,26). The Morgan fingerprint density at radius 1 is 1.04 bits per heavy atom. The van der Waals surface area contributed by atoms with E-state index in [0.717, 1.165) is 0 Å². The molecule has 2 N–H and O–H groups in total. The van der Waals surface area contributed by atoms with Crippen molar-refractivity contribution in [1.82, 2.24) is 4.98 Å². The van der Waals surface area contributed by atoms with Gasteiger partial charge in [0.15, 0.2) is 0 Å². The topological polar surface area (TPSA) is 77.8 Å². The van der Waals surface area contributed by atoms with Crippen molar-refractivity contribution in [1.29, 1.82) is 5.26 Å². The number of rotatable bonds is 5. The van der Waals surface area contributed by atoms with E-state index < -0.39 is 0 Å². The number of nitrogens with zero attached hydrogens (tertiary/aromatic N) is 2. The van der Waals surface area contributed by atoms with Gasteiger partial charge in [-0.3, -0.25) is 4.79 Å². The molecule has 0 spiro atoms. The van der Waals surface area contributed by atoms with Crippen LogP contribution in [-0.4, -0.2) is 10.9 Å². The number of anilines is 2. The SMILES string of the molecule is N#Cc1ccc(NC(=O)c2ccc(NCc3ccccc3F)cn2)cc1. The molecule has 3 rings (SSSR count). The van der Waals surface area contributed by atoms with Crippen LogP contribution in [0.15, 0.2) is 66.9 Å². The fourth-order valence-corrected chi connectivity index (χ4v) is 2.30. The number of benzene rings is 2. The fourth-order valence-electron chi connectivity index (χ4n) is 2.30. The summed E-state index contributed by atoms with van der Waals surface area (Å²) in [7, 11) is 0. The van der Waals surface area contributed by atoms with Crippen molar-refractivity contribution in [2.75, 3.05) is 10.6 Å². The minimum atomic E-state index is -0.352. The summed E-state index contributed by atoms with van der Waals surface area (Å²) in [6.07, 6.45) is 1.52. The zero-order chi connectivity index (χ0) is 18.4. The van der Waals surface area contributed by atoms with Crippen LogP contribution < -0.4 is 10.6 Å². The van der Waals surface area contributed by atoms with Gasteiger partial charge >= 0.3 is 0 Å². The van der Waals surface area contributed by atoms with E-state index in [1.807, 2.05) is 6.07 Å². The third-order valence-electron chi connectivity index (χ3n) is 3.71. The predicted octanol–water partition coefficient (Wildman–Crippen LogP) is 3.96. The Labute approximate surface area is 150 Å². The molecule has 0 radical (unpaired) electrons. The smallest absolute Gasteiger partial charge is 0.274 e. The van der Waals surface area contributed by atoms with E-state index in [2.05, 4.69) is 15.6 Å². The second-order valence-corrected chi connectivity index (χ2v) is 5.52. The summed E-state index contributed by atoms with van der Waals surface area (Å²) < 4.78 is 13.6. The zero-order valence-corrected chi connectivity index (χ0v) is 13.7. The van der Waals surface area contributed by atoms with Gasteiger partial charge in [0, 0.05) is 17.8 Å². The Bertz CT molecular complexity index is 947. The molecule has 1 amide bonds. The number of nitrogens with one attached hydrogen (secondary N) is 2. The van der Waals surface area contributed by atoms with Gasteiger partial charge in [-0.05, 0) is 42.5 Å². The number of amides is 1. The third kappa shape index (κ3) is 4.22. The Morgan fingerprint density at radius 2 is 1.77 bits per heavy atom. The lowest BCUT2D eigenvalue weighted by Crippen LogP contribution is -2.13. The molecule has 1 aromatic heterocycles. The monoisotopic (exact) mass is 346 g/mol. The number of nitriles is 1. The molecule has 3 aromatic rings. The van der Waals surface area contributed by atoms with Crippen molar-refractivity contribution in [3.63, 3.8) is 0 Å². The maximum Gasteiger partial charge on any atom is 0.274 e. The molecule has 26 heavy (non-hydrogen) atoms. The Hall–Kier alpha value is -3.72. The first-order valence-corrected chi connectivity index (χ1v) is 7.90. The van der Waals surface area contributed by atoms with Crippen LogP contribution in [0.1, 0.15) is 21.6 Å². The van der Waals surface area contributed by atoms with Crippen LogP contribution in [0.25, 0.3) is 0 Å². The average molecular weight is 346 g/mol. The number of halogens is 1. The van der Waals surface area contributed by atoms with Crippen LogP contribution in [0.5, 0.6) is 0 Å². The molecule has 128 valence electrons. The first-order valence-electron chi connectivity index (χ1n) is 7.90. The molecule has 0 aliphatic carbocycles. The Balaban J connectivity index is 1.60. The molecule has 6 heteroatoms. The van der Waals surface area contributed by atoms with Crippen molar-refractivity contribution < 1.29 is 9.18 Å². The number of hydrogen-bond donors (Lipinski definition) is 2. The molecule has 0 saturated carbocycles. The maximum atomic E-state index is 13.6. The van der Waals surface area contributed by atoms with E-state index in [9.17, 15) is 9.18 Å². The average Bonchev–Trinajstić information content (AvgIpc) is 2.68. The first-order chi connectivity index (χ1) is 12.7. The summed E-state index contributed by atoms with van der Waals surface area (Å²) in [6.45, 7) is 0.325. The molecular formula is C20H15FN4O. The van der Waals surface area contributed by atoms with Crippen LogP contribution in [-0.2, 0) is 6.54 Å². The number of carbonyl (C=O) groups is 1. The molecule has 0 atom stereocenters. The second-order valence-electron chi connectivity index (χ2n) is 5.52. The predicted molar refractivity (Wildman–Crippen MR) is 97.1 cm³/mol. The van der Waals surface area contributed by atoms with Crippen LogP contribution in [0.4, 0.5) is 15.8 Å². The van der Waals surface area contributed by atoms with Crippen molar-refractivity contribution in [3.05, 3.63) is 89.5 Å². The van der Waals surface area contributed by atoms with Crippen molar-refractivity contribution in [3.8, 4) is 6.07 Å². The van der Waals surface area contributed by atoms with Gasteiger partial charge in [0.05, 0.1) is 23.5 Å². The fraction of sp³-hybridized carbons (Fsp3) is 0.0500.